The van der Waals surface area contributed by atoms with Crippen LogP contribution in [0.5, 0.6) is 0 Å². The van der Waals surface area contributed by atoms with Crippen LogP contribution in [0.4, 0.5) is 0 Å². The molecule has 27 heavy (non-hydrogen) atoms. The van der Waals surface area contributed by atoms with Gasteiger partial charge in [0.1, 0.15) is 0 Å². The lowest BCUT2D eigenvalue weighted by atomic mass is 10.2. The Labute approximate surface area is 163 Å². The van der Waals surface area contributed by atoms with Crippen LogP contribution in [0.25, 0.3) is 0 Å². The maximum absolute atomic E-state index is 12.6. The van der Waals surface area contributed by atoms with E-state index in [2.05, 4.69) is 10.2 Å². The summed E-state index contributed by atoms with van der Waals surface area (Å²) in [6, 6.07) is 6.31. The predicted octanol–water partition coefficient (Wildman–Crippen LogP) is 2.47. The quantitative estimate of drug-likeness (QED) is 0.689. The fraction of sp³-hybridized carbons (Fsp3) is 0.650. The van der Waals surface area contributed by atoms with Crippen LogP contribution in [-0.2, 0) is 10.0 Å². The van der Waals surface area contributed by atoms with Gasteiger partial charge in [0.25, 0.3) is 5.91 Å². The van der Waals surface area contributed by atoms with Crippen LogP contribution in [-0.4, -0.2) is 62.8 Å². The Kier molecular flexibility index (Phi) is 7.26. The highest BCUT2D eigenvalue weighted by Gasteiger charge is 2.25. The molecule has 2 saturated heterocycles. The first-order chi connectivity index (χ1) is 13.1. The maximum Gasteiger partial charge on any atom is 0.251 e. The van der Waals surface area contributed by atoms with Crippen molar-refractivity contribution in [2.24, 2.45) is 0 Å². The molecule has 0 atom stereocenters. The van der Waals surface area contributed by atoms with Crippen LogP contribution in [0, 0.1) is 0 Å². The second-order valence-electron chi connectivity index (χ2n) is 7.50. The van der Waals surface area contributed by atoms with Crippen molar-refractivity contribution < 1.29 is 13.2 Å². The zero-order valence-corrected chi connectivity index (χ0v) is 16.8. The van der Waals surface area contributed by atoms with Crippen molar-refractivity contribution in [1.82, 2.24) is 14.5 Å². The molecule has 0 unspecified atom stereocenters. The summed E-state index contributed by atoms with van der Waals surface area (Å²) in [7, 11) is -3.44. The number of carbonyl (C=O) groups is 1. The summed E-state index contributed by atoms with van der Waals surface area (Å²) < 4.78 is 26.8. The van der Waals surface area contributed by atoms with Gasteiger partial charge >= 0.3 is 0 Å². The average Bonchev–Trinajstić information content (AvgIpc) is 3.22. The van der Waals surface area contributed by atoms with Crippen molar-refractivity contribution in [1.29, 1.82) is 0 Å². The molecule has 0 radical (unpaired) electrons. The van der Waals surface area contributed by atoms with Gasteiger partial charge in [0.05, 0.1) is 4.90 Å². The fourth-order valence-corrected chi connectivity index (χ4v) is 5.32. The van der Waals surface area contributed by atoms with E-state index in [0.717, 1.165) is 38.6 Å². The highest BCUT2D eigenvalue weighted by atomic mass is 32.2. The summed E-state index contributed by atoms with van der Waals surface area (Å²) in [6.07, 6.45) is 7.58. The summed E-state index contributed by atoms with van der Waals surface area (Å²) in [5.41, 5.74) is 0.507. The van der Waals surface area contributed by atoms with E-state index in [1.165, 1.54) is 25.9 Å². The number of piperidine rings is 1. The predicted molar refractivity (Wildman–Crippen MR) is 106 cm³/mol. The van der Waals surface area contributed by atoms with Gasteiger partial charge in [-0.1, -0.05) is 6.42 Å². The number of sulfonamides is 1. The van der Waals surface area contributed by atoms with Crippen molar-refractivity contribution in [3.05, 3.63) is 29.8 Å². The average molecular weight is 394 g/mol. The molecule has 0 aromatic heterocycles. The van der Waals surface area contributed by atoms with E-state index in [9.17, 15) is 13.2 Å². The third-order valence-electron chi connectivity index (χ3n) is 5.45. The first kappa shape index (κ1) is 20.3. The highest BCUT2D eigenvalue weighted by Crippen LogP contribution is 2.20. The molecule has 3 rings (SSSR count). The van der Waals surface area contributed by atoms with Crippen LogP contribution in [0.1, 0.15) is 55.3 Å². The first-order valence-electron chi connectivity index (χ1n) is 10.2. The molecule has 7 heteroatoms. The van der Waals surface area contributed by atoms with E-state index in [0.29, 0.717) is 25.2 Å². The Bertz CT molecular complexity index is 706. The molecule has 2 aliphatic heterocycles. The molecule has 2 fully saturated rings. The minimum Gasteiger partial charge on any atom is -0.352 e. The van der Waals surface area contributed by atoms with Crippen molar-refractivity contribution in [2.45, 2.75) is 49.8 Å². The van der Waals surface area contributed by atoms with E-state index in [1.807, 2.05) is 0 Å². The molecule has 0 bridgehead atoms. The fourth-order valence-electron chi connectivity index (χ4n) is 3.80. The molecule has 1 amide bonds. The molecule has 6 nitrogen and oxygen atoms in total. The topological polar surface area (TPSA) is 69.7 Å². The van der Waals surface area contributed by atoms with E-state index in [-0.39, 0.29) is 10.8 Å². The Morgan fingerprint density at radius 1 is 0.889 bits per heavy atom. The molecule has 150 valence electrons. The SMILES string of the molecule is O=C(NCCCCN1CCCC1)c1ccc(S(=O)(=O)N2CCCCC2)cc1. The molecule has 2 heterocycles. The highest BCUT2D eigenvalue weighted by molar-refractivity contribution is 7.89. The second-order valence-corrected chi connectivity index (χ2v) is 9.44. The van der Waals surface area contributed by atoms with Crippen LogP contribution < -0.4 is 5.32 Å². The zero-order chi connectivity index (χ0) is 19.1. The Morgan fingerprint density at radius 2 is 1.52 bits per heavy atom. The summed E-state index contributed by atoms with van der Waals surface area (Å²) in [5.74, 6) is -0.141. The van der Waals surface area contributed by atoms with E-state index >= 15 is 0 Å². The van der Waals surface area contributed by atoms with Gasteiger partial charge in [-0.3, -0.25) is 4.79 Å². The standard InChI is InChI=1S/C20H31N3O3S/c24-20(21-12-2-5-13-22-14-6-7-15-22)18-8-10-19(11-9-18)27(25,26)23-16-3-1-4-17-23/h8-11H,1-7,12-17H2,(H,21,24). The van der Waals surface area contributed by atoms with Gasteiger partial charge < -0.3 is 10.2 Å². The third-order valence-corrected chi connectivity index (χ3v) is 7.37. The van der Waals surface area contributed by atoms with Gasteiger partial charge in [0.15, 0.2) is 0 Å². The largest absolute Gasteiger partial charge is 0.352 e. The smallest absolute Gasteiger partial charge is 0.251 e. The molecule has 1 N–H and O–H groups in total. The van der Waals surface area contributed by atoms with Gasteiger partial charge in [-0.25, -0.2) is 8.42 Å². The van der Waals surface area contributed by atoms with Gasteiger partial charge in [-0.2, -0.15) is 4.31 Å². The normalized spacial score (nSPS) is 19.3. The van der Waals surface area contributed by atoms with Crippen LogP contribution in [0.2, 0.25) is 0 Å². The lowest BCUT2D eigenvalue weighted by molar-refractivity contribution is 0.0952. The van der Waals surface area contributed by atoms with E-state index in [4.69, 9.17) is 0 Å². The molecule has 1 aromatic carbocycles. The van der Waals surface area contributed by atoms with Crippen LogP contribution in [0.15, 0.2) is 29.2 Å². The molecular weight excluding hydrogens is 362 g/mol. The lowest BCUT2D eigenvalue weighted by Gasteiger charge is -2.25. The number of amides is 1. The first-order valence-corrected chi connectivity index (χ1v) is 11.6. The van der Waals surface area contributed by atoms with Crippen LogP contribution in [0.3, 0.4) is 0 Å². The molecular formula is C20H31N3O3S. The van der Waals surface area contributed by atoms with Crippen molar-refractivity contribution >= 4 is 15.9 Å². The van der Waals surface area contributed by atoms with Gasteiger partial charge in [-0.15, -0.1) is 0 Å². The number of rotatable bonds is 8. The van der Waals surface area contributed by atoms with Crippen molar-refractivity contribution in [3.63, 3.8) is 0 Å². The minimum atomic E-state index is -3.44. The van der Waals surface area contributed by atoms with Gasteiger partial charge in [0.2, 0.25) is 10.0 Å². The van der Waals surface area contributed by atoms with E-state index in [1.54, 1.807) is 28.6 Å². The summed E-state index contributed by atoms with van der Waals surface area (Å²) >= 11 is 0. The minimum absolute atomic E-state index is 0.141. The zero-order valence-electron chi connectivity index (χ0n) is 16.0. The number of hydrogen-bond acceptors (Lipinski definition) is 4. The monoisotopic (exact) mass is 393 g/mol. The lowest BCUT2D eigenvalue weighted by Crippen LogP contribution is -2.35. The molecule has 2 aliphatic rings. The summed E-state index contributed by atoms with van der Waals surface area (Å²) in [5, 5.41) is 2.93. The summed E-state index contributed by atoms with van der Waals surface area (Å²) in [6.45, 7) is 5.35. The van der Waals surface area contributed by atoms with Crippen molar-refractivity contribution in [2.75, 3.05) is 39.3 Å². The molecule has 0 spiro atoms. The Morgan fingerprint density at radius 3 is 2.19 bits per heavy atom. The number of benzene rings is 1. The number of unbranched alkanes of at least 4 members (excludes halogenated alkanes) is 1. The molecule has 0 aliphatic carbocycles. The van der Waals surface area contributed by atoms with Crippen LogP contribution >= 0.6 is 0 Å². The Balaban J connectivity index is 1.45. The van der Waals surface area contributed by atoms with Gasteiger partial charge in [0, 0.05) is 25.2 Å². The number of hydrogen-bond donors (Lipinski definition) is 1. The number of nitrogens with zero attached hydrogens (tertiary/aromatic N) is 2. The molecule has 0 saturated carbocycles. The third kappa shape index (κ3) is 5.53. The Hall–Kier alpha value is -1.44. The number of nitrogens with one attached hydrogen (secondary N) is 1. The second kappa shape index (κ2) is 9.66. The van der Waals surface area contributed by atoms with Crippen molar-refractivity contribution in [3.8, 4) is 0 Å². The van der Waals surface area contributed by atoms with Gasteiger partial charge in [-0.05, 0) is 82.4 Å². The molecule has 1 aromatic rings. The number of carbonyl (C=O) groups excluding carboxylic acids is 1. The maximum atomic E-state index is 12.6. The summed E-state index contributed by atoms with van der Waals surface area (Å²) in [4.78, 5) is 15.0. The number of likely N-dealkylation sites (tertiary alicyclic amines) is 1. The van der Waals surface area contributed by atoms with E-state index < -0.39 is 10.0 Å².